The number of fused-ring (bicyclic) bond motifs is 2. The lowest BCUT2D eigenvalue weighted by molar-refractivity contribution is -0.126. The topological polar surface area (TPSA) is 29.5 Å². The van der Waals surface area contributed by atoms with Crippen LogP contribution in [0, 0.1) is 35.0 Å². The summed E-state index contributed by atoms with van der Waals surface area (Å²) in [4.78, 5) is 0. The summed E-state index contributed by atoms with van der Waals surface area (Å²) in [5.41, 5.74) is 0.444. The van der Waals surface area contributed by atoms with Crippen LogP contribution >= 0.6 is 0 Å². The Hall–Kier alpha value is -0.340. The largest absolute Gasteiger partial charge is 0.393 e. The maximum absolute atomic E-state index is 10.4. The molecule has 2 heteroatoms. The maximum atomic E-state index is 10.4. The zero-order valence-electron chi connectivity index (χ0n) is 11.7. The van der Waals surface area contributed by atoms with E-state index in [1.54, 1.807) is 0 Å². The average Bonchev–Trinajstić information content (AvgIpc) is 2.85. The van der Waals surface area contributed by atoms with Crippen molar-refractivity contribution in [1.29, 1.82) is 0 Å². The molecule has 0 aromatic rings. The molecule has 19 heavy (non-hydrogen) atoms. The molecule has 5 aliphatic carbocycles. The van der Waals surface area contributed by atoms with E-state index in [9.17, 15) is 5.11 Å². The van der Waals surface area contributed by atoms with Gasteiger partial charge in [-0.1, -0.05) is 18.6 Å². The zero-order chi connectivity index (χ0) is 12.8. The Morgan fingerprint density at radius 2 is 2.05 bits per heavy atom. The van der Waals surface area contributed by atoms with Crippen molar-refractivity contribution < 1.29 is 9.84 Å². The molecule has 5 rings (SSSR count). The van der Waals surface area contributed by atoms with E-state index in [2.05, 4.69) is 12.2 Å². The molecule has 4 fully saturated rings. The van der Waals surface area contributed by atoms with Gasteiger partial charge >= 0.3 is 0 Å². The predicted molar refractivity (Wildman–Crippen MR) is 72.5 cm³/mol. The molecule has 0 saturated heterocycles. The minimum absolute atomic E-state index is 0.0479. The van der Waals surface area contributed by atoms with E-state index in [0.29, 0.717) is 23.2 Å². The highest BCUT2D eigenvalue weighted by Crippen LogP contribution is 2.82. The van der Waals surface area contributed by atoms with Crippen LogP contribution in [0.15, 0.2) is 12.2 Å². The standard InChI is InChI=1S/C17H24O2/c1-19-17-13-7-8-16(17)10(9-14(13)17)5-6-11-12(16)3-2-4-15(11)18/h7-8,10-15,18H,2-6,9H2,1H3/t10-,11+,12-,13+,14-,15-,16-,17?/m0/s1. The number of methoxy groups -OCH3 is 1. The predicted octanol–water partition coefficient (Wildman–Crippen LogP) is 2.76. The van der Waals surface area contributed by atoms with Gasteiger partial charge in [0.05, 0.1) is 11.7 Å². The van der Waals surface area contributed by atoms with Gasteiger partial charge in [-0.2, -0.15) is 0 Å². The normalized spacial score (nSPS) is 64.5. The lowest BCUT2D eigenvalue weighted by Gasteiger charge is -2.55. The first-order valence-corrected chi connectivity index (χ1v) is 8.18. The number of hydrogen-bond acceptors (Lipinski definition) is 2. The van der Waals surface area contributed by atoms with Gasteiger partial charge in [0.1, 0.15) is 0 Å². The highest BCUT2D eigenvalue weighted by Gasteiger charge is 2.84. The third kappa shape index (κ3) is 0.975. The van der Waals surface area contributed by atoms with Crippen LogP contribution in [0.4, 0.5) is 0 Å². The molecule has 4 saturated carbocycles. The molecule has 104 valence electrons. The number of hydrogen-bond donors (Lipinski definition) is 1. The van der Waals surface area contributed by atoms with Crippen LogP contribution < -0.4 is 0 Å². The van der Waals surface area contributed by atoms with Crippen molar-refractivity contribution in [2.45, 2.75) is 50.2 Å². The fraction of sp³-hybridized carbons (Fsp3) is 0.882. The molecular weight excluding hydrogens is 236 g/mol. The Bertz CT molecular complexity index is 458. The van der Waals surface area contributed by atoms with Gasteiger partial charge in [0.2, 0.25) is 0 Å². The third-order valence-electron chi connectivity index (χ3n) is 7.67. The molecule has 0 aromatic carbocycles. The monoisotopic (exact) mass is 260 g/mol. The fourth-order valence-corrected chi connectivity index (χ4v) is 7.18. The van der Waals surface area contributed by atoms with E-state index in [1.807, 2.05) is 7.11 Å². The van der Waals surface area contributed by atoms with E-state index in [-0.39, 0.29) is 11.7 Å². The fourth-order valence-electron chi connectivity index (χ4n) is 7.18. The van der Waals surface area contributed by atoms with Crippen LogP contribution in [0.3, 0.4) is 0 Å². The number of aliphatic hydroxyl groups is 1. The molecule has 0 amide bonds. The van der Waals surface area contributed by atoms with Crippen LogP contribution in [0.5, 0.6) is 0 Å². The summed E-state index contributed by atoms with van der Waals surface area (Å²) >= 11 is 0. The highest BCUT2D eigenvalue weighted by atomic mass is 16.5. The summed E-state index contributed by atoms with van der Waals surface area (Å²) in [5, 5.41) is 10.4. The third-order valence-corrected chi connectivity index (χ3v) is 7.67. The lowest BCUT2D eigenvalue weighted by atomic mass is 9.51. The van der Waals surface area contributed by atoms with Crippen LogP contribution in [0.1, 0.15) is 38.5 Å². The van der Waals surface area contributed by atoms with Crippen molar-refractivity contribution in [3.05, 3.63) is 12.2 Å². The van der Waals surface area contributed by atoms with Gasteiger partial charge in [0, 0.05) is 18.4 Å². The quantitative estimate of drug-likeness (QED) is 0.735. The Labute approximate surface area is 115 Å². The van der Waals surface area contributed by atoms with Crippen LogP contribution in [-0.4, -0.2) is 23.9 Å². The van der Waals surface area contributed by atoms with E-state index in [1.165, 1.54) is 32.1 Å². The second-order valence-electron chi connectivity index (χ2n) is 7.70. The first kappa shape index (κ1) is 11.3. The summed E-state index contributed by atoms with van der Waals surface area (Å²) in [6.45, 7) is 0. The maximum Gasteiger partial charge on any atom is 0.0875 e. The molecular formula is C17H24O2. The van der Waals surface area contributed by atoms with Crippen molar-refractivity contribution in [1.82, 2.24) is 0 Å². The summed E-state index contributed by atoms with van der Waals surface area (Å²) < 4.78 is 6.16. The van der Waals surface area contributed by atoms with Crippen molar-refractivity contribution in [2.75, 3.05) is 7.11 Å². The van der Waals surface area contributed by atoms with Crippen molar-refractivity contribution in [3.8, 4) is 0 Å². The summed E-state index contributed by atoms with van der Waals surface area (Å²) in [6.07, 6.45) is 12.5. The summed E-state index contributed by atoms with van der Waals surface area (Å²) in [6, 6.07) is 0. The van der Waals surface area contributed by atoms with Gasteiger partial charge in [-0.3, -0.25) is 0 Å². The molecule has 2 nitrogen and oxygen atoms in total. The Balaban J connectivity index is 1.64. The molecule has 0 radical (unpaired) electrons. The van der Waals surface area contributed by atoms with Gasteiger partial charge in [-0.25, -0.2) is 0 Å². The Kier molecular flexibility index (Phi) is 1.96. The van der Waals surface area contributed by atoms with E-state index < -0.39 is 0 Å². The van der Waals surface area contributed by atoms with E-state index >= 15 is 0 Å². The smallest absolute Gasteiger partial charge is 0.0875 e. The molecule has 1 spiro atoms. The van der Waals surface area contributed by atoms with E-state index in [4.69, 9.17) is 4.74 Å². The van der Waals surface area contributed by atoms with Gasteiger partial charge in [-0.15, -0.1) is 0 Å². The van der Waals surface area contributed by atoms with Gasteiger partial charge in [0.25, 0.3) is 0 Å². The number of aliphatic hydroxyl groups excluding tert-OH is 1. The first-order valence-electron chi connectivity index (χ1n) is 8.18. The molecule has 0 heterocycles. The number of ether oxygens (including phenoxy) is 1. The van der Waals surface area contributed by atoms with Crippen molar-refractivity contribution >= 4 is 0 Å². The molecule has 1 unspecified atom stereocenters. The second kappa shape index (κ2) is 3.28. The van der Waals surface area contributed by atoms with Crippen LogP contribution in [-0.2, 0) is 4.74 Å². The molecule has 0 bridgehead atoms. The average molecular weight is 260 g/mol. The summed E-state index contributed by atoms with van der Waals surface area (Å²) in [7, 11) is 1.94. The number of rotatable bonds is 1. The molecule has 5 aliphatic rings. The van der Waals surface area contributed by atoms with Gasteiger partial charge in [-0.05, 0) is 55.8 Å². The van der Waals surface area contributed by atoms with Crippen LogP contribution in [0.25, 0.3) is 0 Å². The second-order valence-corrected chi connectivity index (χ2v) is 7.70. The Morgan fingerprint density at radius 1 is 1.16 bits per heavy atom. The SMILES string of the molecule is COC12[C@@H]3C=C[C@@]14[C@@H](CC[C@H]1[C@@H](O)CCC[C@@H]14)C[C@@H]32. The van der Waals surface area contributed by atoms with Gasteiger partial charge in [0.15, 0.2) is 0 Å². The molecule has 0 aliphatic heterocycles. The minimum Gasteiger partial charge on any atom is -0.393 e. The van der Waals surface area contributed by atoms with Crippen molar-refractivity contribution in [2.24, 2.45) is 35.0 Å². The zero-order valence-corrected chi connectivity index (χ0v) is 11.7. The Morgan fingerprint density at radius 3 is 2.89 bits per heavy atom. The van der Waals surface area contributed by atoms with Crippen LogP contribution in [0.2, 0.25) is 0 Å². The lowest BCUT2D eigenvalue weighted by Crippen LogP contribution is -2.54. The summed E-state index contributed by atoms with van der Waals surface area (Å²) in [5.74, 6) is 3.55. The van der Waals surface area contributed by atoms with Gasteiger partial charge < -0.3 is 9.84 Å². The molecule has 1 N–H and O–H groups in total. The molecule has 8 atom stereocenters. The highest BCUT2D eigenvalue weighted by molar-refractivity contribution is 5.44. The molecule has 0 aromatic heterocycles. The minimum atomic E-state index is -0.0479. The van der Waals surface area contributed by atoms with Crippen molar-refractivity contribution in [3.63, 3.8) is 0 Å². The first-order chi connectivity index (χ1) is 9.25. The van der Waals surface area contributed by atoms with E-state index in [0.717, 1.165) is 18.3 Å².